The van der Waals surface area contributed by atoms with Crippen LogP contribution in [0.4, 0.5) is 0 Å². The van der Waals surface area contributed by atoms with Gasteiger partial charge >= 0.3 is 68.9 Å². The molecule has 0 N–H and O–H groups in total. The van der Waals surface area contributed by atoms with Crippen molar-refractivity contribution in [1.82, 2.24) is 0 Å². The van der Waals surface area contributed by atoms with Gasteiger partial charge in [0, 0.05) is 38.7 Å². The van der Waals surface area contributed by atoms with Gasteiger partial charge in [0.2, 0.25) is 0 Å². The first-order chi connectivity index (χ1) is 4.30. The summed E-state index contributed by atoms with van der Waals surface area (Å²) in [5.41, 5.74) is 0.189. The van der Waals surface area contributed by atoms with Crippen LogP contribution in [0.25, 0.3) is 0 Å². The van der Waals surface area contributed by atoms with Crippen molar-refractivity contribution in [2.45, 2.75) is 0 Å². The molecule has 1 rings (SSSR count). The van der Waals surface area contributed by atoms with Gasteiger partial charge in [0.15, 0.2) is 0 Å². The summed E-state index contributed by atoms with van der Waals surface area (Å²) in [6.45, 7) is 0. The zero-order chi connectivity index (χ0) is 6.69. The van der Waals surface area contributed by atoms with Gasteiger partial charge < -0.3 is 9.90 Å². The van der Waals surface area contributed by atoms with E-state index in [0.29, 0.717) is 0 Å². The minimum atomic E-state index is -1.15. The molecule has 0 unspecified atom stereocenters. The Kier molecular flexibility index (Phi) is 11.8. The molecular formula is C7H4CsO2Y-. The van der Waals surface area contributed by atoms with E-state index < -0.39 is 5.97 Å². The quantitative estimate of drug-likeness (QED) is 0.506. The van der Waals surface area contributed by atoms with E-state index in [2.05, 4.69) is 6.07 Å². The molecule has 0 heterocycles. The molecule has 1 aromatic carbocycles. The van der Waals surface area contributed by atoms with Gasteiger partial charge in [-0.05, 0) is 0 Å². The van der Waals surface area contributed by atoms with Gasteiger partial charge in [0.25, 0.3) is 0 Å². The number of carbonyl (C=O) groups is 1. The molecule has 0 spiro atoms. The summed E-state index contributed by atoms with van der Waals surface area (Å²) < 4.78 is 0. The maximum atomic E-state index is 10.1. The molecule has 0 saturated carbocycles. The van der Waals surface area contributed by atoms with Gasteiger partial charge in [-0.2, -0.15) is 30.3 Å². The van der Waals surface area contributed by atoms with Crippen LogP contribution in [-0.4, -0.2) is 5.97 Å². The Labute approximate surface area is 149 Å². The van der Waals surface area contributed by atoms with Crippen molar-refractivity contribution >= 4 is 5.97 Å². The molecule has 49 valence electrons. The second-order valence-corrected chi connectivity index (χ2v) is 1.58. The van der Waals surface area contributed by atoms with Crippen LogP contribution in [0.1, 0.15) is 10.4 Å². The van der Waals surface area contributed by atoms with Crippen LogP contribution in [-0.2, 0) is 32.7 Å². The summed E-state index contributed by atoms with van der Waals surface area (Å²) in [4.78, 5) is 10.1. The zero-order valence-corrected chi connectivity index (χ0v) is 15.3. The van der Waals surface area contributed by atoms with E-state index in [1.807, 2.05) is 0 Å². The second kappa shape index (κ2) is 8.44. The molecule has 1 aromatic rings. The van der Waals surface area contributed by atoms with Crippen LogP contribution in [0.3, 0.4) is 0 Å². The van der Waals surface area contributed by atoms with Crippen molar-refractivity contribution in [2.75, 3.05) is 0 Å². The van der Waals surface area contributed by atoms with Gasteiger partial charge in [0.05, 0.1) is 0 Å². The third kappa shape index (κ3) is 5.99. The van der Waals surface area contributed by atoms with E-state index in [1.165, 1.54) is 24.3 Å². The molecule has 0 amide bonds. The molecule has 0 atom stereocenters. The summed E-state index contributed by atoms with van der Waals surface area (Å²) in [5.74, 6) is -1.15. The Hall–Kier alpha value is 1.85. The molecule has 2 nitrogen and oxygen atoms in total. The van der Waals surface area contributed by atoms with E-state index >= 15 is 0 Å². The molecule has 0 saturated heterocycles. The first kappa shape index (κ1) is 15.3. The molecule has 0 bridgehead atoms. The van der Waals surface area contributed by atoms with Gasteiger partial charge in [-0.1, -0.05) is 0 Å². The molecule has 0 aliphatic heterocycles. The number of carbonyl (C=O) groups excluding carboxylic acids is 1. The molecule has 4 heteroatoms. The third-order valence-electron chi connectivity index (χ3n) is 0.954. The number of rotatable bonds is 1. The first-order valence-electron chi connectivity index (χ1n) is 2.48. The van der Waals surface area contributed by atoms with Crippen molar-refractivity contribution in [1.29, 1.82) is 0 Å². The van der Waals surface area contributed by atoms with Crippen molar-refractivity contribution in [3.63, 3.8) is 0 Å². The molecule has 0 fully saturated rings. The van der Waals surface area contributed by atoms with Crippen LogP contribution in [0.5, 0.6) is 0 Å². The number of benzene rings is 1. The average Bonchev–Trinajstić information content (AvgIpc) is 1.90. The van der Waals surface area contributed by atoms with Crippen molar-refractivity contribution in [3.05, 3.63) is 35.9 Å². The largest absolute Gasteiger partial charge is 1.00 e. The van der Waals surface area contributed by atoms with Crippen LogP contribution >= 0.6 is 0 Å². The van der Waals surface area contributed by atoms with E-state index in [9.17, 15) is 9.90 Å². The Balaban J connectivity index is 0. The number of hydrogen-bond acceptors (Lipinski definition) is 2. The maximum absolute atomic E-state index is 10.1. The standard InChI is InChI=1S/C7H5O2.Cs.Y/c8-7(9)6-4-2-1-3-5-6;;/h2-5H,(H,8,9);;/q-1;+1;/p-1. The van der Waals surface area contributed by atoms with Crippen LogP contribution in [0, 0.1) is 6.07 Å². The SMILES string of the molecule is O=C([O-])c1cc[c-]cc1.[Cs+].[Y]. The van der Waals surface area contributed by atoms with E-state index in [1.54, 1.807) is 0 Å². The molecule has 11 heavy (non-hydrogen) atoms. The van der Waals surface area contributed by atoms with E-state index in [0.717, 1.165) is 0 Å². The van der Waals surface area contributed by atoms with Crippen molar-refractivity contribution < 1.29 is 112 Å². The molecule has 0 aliphatic rings. The number of carboxylic acids is 1. The van der Waals surface area contributed by atoms with Crippen LogP contribution < -0.4 is 74.0 Å². The zero-order valence-electron chi connectivity index (χ0n) is 6.20. The average molecular weight is 342 g/mol. The van der Waals surface area contributed by atoms with Gasteiger partial charge in [-0.25, -0.2) is 0 Å². The van der Waals surface area contributed by atoms with Crippen molar-refractivity contribution in [2.24, 2.45) is 0 Å². The fourth-order valence-electron chi connectivity index (χ4n) is 0.523. The van der Waals surface area contributed by atoms with E-state index in [-0.39, 0.29) is 107 Å². The summed E-state index contributed by atoms with van der Waals surface area (Å²) in [7, 11) is 0. The minimum Gasteiger partial charge on any atom is -0.547 e. The van der Waals surface area contributed by atoms with E-state index in [4.69, 9.17) is 0 Å². The number of aromatic carboxylic acids is 1. The van der Waals surface area contributed by atoms with Gasteiger partial charge in [-0.3, -0.25) is 0 Å². The summed E-state index contributed by atoms with van der Waals surface area (Å²) in [6.07, 6.45) is 0. The maximum Gasteiger partial charge on any atom is 1.00 e. The second-order valence-electron chi connectivity index (χ2n) is 1.58. The molecular weight excluding hydrogens is 338 g/mol. The molecule has 1 radical (unpaired) electrons. The third-order valence-corrected chi connectivity index (χ3v) is 0.954. The normalized spacial score (nSPS) is 7.27. The molecule has 0 aromatic heterocycles. The Morgan fingerprint density at radius 1 is 1.36 bits per heavy atom. The molecule has 0 aliphatic carbocycles. The fraction of sp³-hybridized carbons (Fsp3) is 0. The van der Waals surface area contributed by atoms with Gasteiger partial charge in [-0.15, -0.1) is 5.56 Å². The summed E-state index contributed by atoms with van der Waals surface area (Å²) >= 11 is 0. The number of hydrogen-bond donors (Lipinski definition) is 0. The summed E-state index contributed by atoms with van der Waals surface area (Å²) in [6, 6.07) is 8.64. The monoisotopic (exact) mass is 342 g/mol. The minimum absolute atomic E-state index is 0. The van der Waals surface area contributed by atoms with Gasteiger partial charge in [0.1, 0.15) is 0 Å². The summed E-state index contributed by atoms with van der Waals surface area (Å²) in [5, 5.41) is 10.1. The fourth-order valence-corrected chi connectivity index (χ4v) is 0.523. The number of carboxylic acid groups (broad SMARTS) is 1. The Morgan fingerprint density at radius 3 is 2.09 bits per heavy atom. The Bertz CT molecular complexity index is 213. The van der Waals surface area contributed by atoms with Crippen molar-refractivity contribution in [3.8, 4) is 0 Å². The van der Waals surface area contributed by atoms with Crippen LogP contribution in [0.15, 0.2) is 24.3 Å². The van der Waals surface area contributed by atoms with Crippen LogP contribution in [0.2, 0.25) is 0 Å². The smallest absolute Gasteiger partial charge is 0.547 e. The Morgan fingerprint density at radius 2 is 1.82 bits per heavy atom. The predicted octanol–water partition coefficient (Wildman–Crippen LogP) is -3.15. The topological polar surface area (TPSA) is 40.1 Å². The predicted molar refractivity (Wildman–Crippen MR) is 29.6 cm³/mol. The first-order valence-corrected chi connectivity index (χ1v) is 2.48.